The summed E-state index contributed by atoms with van der Waals surface area (Å²) in [5.74, 6) is 0.598. The highest BCUT2D eigenvalue weighted by atomic mass is 32.2. The summed E-state index contributed by atoms with van der Waals surface area (Å²) >= 11 is 1.47. The molecule has 1 aliphatic heterocycles. The van der Waals surface area contributed by atoms with Crippen LogP contribution < -0.4 is 15.4 Å². The summed E-state index contributed by atoms with van der Waals surface area (Å²) in [5.41, 5.74) is 6.86. The molecule has 5 aromatic rings. The zero-order valence-corrected chi connectivity index (χ0v) is 26.6. The van der Waals surface area contributed by atoms with Crippen molar-refractivity contribution in [3.63, 3.8) is 0 Å². The van der Waals surface area contributed by atoms with Gasteiger partial charge in [0.1, 0.15) is 0 Å². The molecule has 240 valence electrons. The van der Waals surface area contributed by atoms with Crippen LogP contribution in [-0.4, -0.2) is 23.0 Å². The fourth-order valence-corrected chi connectivity index (χ4v) is 6.38. The van der Waals surface area contributed by atoms with Gasteiger partial charge in [-0.3, -0.25) is 0 Å². The van der Waals surface area contributed by atoms with Crippen LogP contribution in [0.3, 0.4) is 0 Å². The fourth-order valence-electron chi connectivity index (χ4n) is 5.44. The first kappa shape index (κ1) is 32.3. The standard InChI is InChI=1S/C38H37N3O5S/c42-25-28-12-14-31(15-13-28)35-22-34(26-47-36-11-4-5-20-41(36)44)45-37(46-35)32-18-16-30(17-19-32)33-10-6-9-29(21-33)24-40-38(43)39-23-27-7-2-1-3-8-27/h1-21,34-35,37,42H,22-26H2,(H2,39,40,43)/t34-,35+,37+/m1/s1. The minimum atomic E-state index is -0.592. The second-order valence-electron chi connectivity index (χ2n) is 11.4. The number of carbonyl (C=O) groups is 1. The molecule has 3 N–H and O–H groups in total. The molecule has 1 fully saturated rings. The van der Waals surface area contributed by atoms with E-state index in [0.717, 1.165) is 43.7 Å². The average molecular weight is 648 g/mol. The molecule has 0 aliphatic carbocycles. The van der Waals surface area contributed by atoms with Gasteiger partial charge in [0.15, 0.2) is 12.5 Å². The molecule has 0 bridgehead atoms. The molecule has 6 rings (SSSR count). The predicted molar refractivity (Wildman–Crippen MR) is 182 cm³/mol. The molecule has 1 aromatic heterocycles. The van der Waals surface area contributed by atoms with Gasteiger partial charge in [0, 0.05) is 43.0 Å². The van der Waals surface area contributed by atoms with Crippen LogP contribution in [-0.2, 0) is 29.2 Å². The summed E-state index contributed by atoms with van der Waals surface area (Å²) in [6.45, 7) is 0.863. The van der Waals surface area contributed by atoms with Gasteiger partial charge in [-0.2, -0.15) is 4.73 Å². The van der Waals surface area contributed by atoms with Crippen molar-refractivity contribution in [3.05, 3.63) is 161 Å². The maximum absolute atomic E-state index is 12.4. The summed E-state index contributed by atoms with van der Waals surface area (Å²) in [6.07, 6.45) is 1.17. The molecule has 0 saturated carbocycles. The van der Waals surface area contributed by atoms with Crippen LogP contribution in [0, 0.1) is 5.21 Å². The Labute approximate surface area is 279 Å². The number of aliphatic hydroxyl groups is 1. The van der Waals surface area contributed by atoms with E-state index >= 15 is 0 Å². The first-order valence-corrected chi connectivity index (χ1v) is 16.6. The van der Waals surface area contributed by atoms with Gasteiger partial charge in [-0.05, 0) is 45.5 Å². The number of hydrogen-bond acceptors (Lipinski definition) is 6. The van der Waals surface area contributed by atoms with Crippen LogP contribution >= 0.6 is 11.8 Å². The number of amides is 2. The summed E-state index contributed by atoms with van der Waals surface area (Å²) in [6, 6.07) is 39.0. The molecule has 0 spiro atoms. The number of carbonyl (C=O) groups excluding carboxylic acids is 1. The molecule has 2 amide bonds. The third-order valence-corrected chi connectivity index (χ3v) is 9.16. The van der Waals surface area contributed by atoms with Crippen molar-refractivity contribution in [1.82, 2.24) is 10.6 Å². The SMILES string of the molecule is O=C(NCc1ccccc1)NCc1cccc(-c2ccc([C@H]3O[C@@H](CSc4cccc[n+]4[O-])C[C@@H](c4ccc(CO)cc4)O3)cc2)c1. The Bertz CT molecular complexity index is 1750. The molecule has 1 saturated heterocycles. The minimum absolute atomic E-state index is 0.0149. The van der Waals surface area contributed by atoms with Crippen LogP contribution in [0.1, 0.15) is 46.6 Å². The van der Waals surface area contributed by atoms with Gasteiger partial charge in [-0.15, -0.1) is 0 Å². The number of ether oxygens (including phenoxy) is 2. The normalized spacial score (nSPS) is 17.6. The van der Waals surface area contributed by atoms with Crippen molar-refractivity contribution in [2.24, 2.45) is 0 Å². The van der Waals surface area contributed by atoms with Gasteiger partial charge < -0.3 is 30.4 Å². The predicted octanol–water partition coefficient (Wildman–Crippen LogP) is 6.82. The molecule has 2 heterocycles. The van der Waals surface area contributed by atoms with Crippen LogP contribution in [0.4, 0.5) is 4.79 Å². The highest BCUT2D eigenvalue weighted by molar-refractivity contribution is 7.99. The number of nitrogens with zero attached hydrogens (tertiary/aromatic N) is 1. The fraction of sp³-hybridized carbons (Fsp3) is 0.211. The third kappa shape index (κ3) is 8.78. The number of rotatable bonds is 11. The number of urea groups is 1. The maximum atomic E-state index is 12.4. The molecule has 1 aliphatic rings. The van der Waals surface area contributed by atoms with E-state index in [9.17, 15) is 15.1 Å². The summed E-state index contributed by atoms with van der Waals surface area (Å²) in [4.78, 5) is 12.4. The van der Waals surface area contributed by atoms with E-state index in [1.54, 1.807) is 6.07 Å². The summed E-state index contributed by atoms with van der Waals surface area (Å²) < 4.78 is 13.8. The molecule has 3 atom stereocenters. The number of thioether (sulfide) groups is 1. The van der Waals surface area contributed by atoms with Crippen LogP contribution in [0.5, 0.6) is 0 Å². The lowest BCUT2D eigenvalue weighted by molar-refractivity contribution is -0.645. The van der Waals surface area contributed by atoms with E-state index in [1.807, 2.05) is 97.1 Å². The highest BCUT2D eigenvalue weighted by Crippen LogP contribution is 2.39. The Morgan fingerprint density at radius 1 is 0.766 bits per heavy atom. The molecular weight excluding hydrogens is 611 g/mol. The molecule has 0 unspecified atom stereocenters. The lowest BCUT2D eigenvalue weighted by atomic mass is 9.99. The Hall–Kier alpha value is -4.67. The van der Waals surface area contributed by atoms with Crippen molar-refractivity contribution in [3.8, 4) is 11.1 Å². The number of nitrogens with one attached hydrogen (secondary N) is 2. The number of benzene rings is 4. The van der Waals surface area contributed by atoms with E-state index in [1.165, 1.54) is 18.0 Å². The Morgan fingerprint density at radius 2 is 1.47 bits per heavy atom. The van der Waals surface area contributed by atoms with Crippen LogP contribution in [0.2, 0.25) is 0 Å². The molecule has 47 heavy (non-hydrogen) atoms. The second-order valence-corrected chi connectivity index (χ2v) is 12.4. The van der Waals surface area contributed by atoms with Gasteiger partial charge in [-0.1, -0.05) is 109 Å². The van der Waals surface area contributed by atoms with Crippen molar-refractivity contribution in [2.75, 3.05) is 5.75 Å². The Kier molecular flexibility index (Phi) is 10.8. The van der Waals surface area contributed by atoms with Crippen molar-refractivity contribution in [1.29, 1.82) is 0 Å². The molecule has 8 nitrogen and oxygen atoms in total. The monoisotopic (exact) mass is 647 g/mol. The Balaban J connectivity index is 1.12. The van der Waals surface area contributed by atoms with Gasteiger partial charge in [0.05, 0.1) is 18.8 Å². The second kappa shape index (κ2) is 15.8. The topological polar surface area (TPSA) is 107 Å². The van der Waals surface area contributed by atoms with E-state index in [0.29, 0.717) is 30.3 Å². The smallest absolute Gasteiger partial charge is 0.315 e. The molecular formula is C38H37N3O5S. The van der Waals surface area contributed by atoms with Crippen LogP contribution in [0.15, 0.2) is 133 Å². The van der Waals surface area contributed by atoms with Gasteiger partial charge in [0.25, 0.3) is 5.03 Å². The number of hydrogen-bond donors (Lipinski definition) is 3. The molecule has 0 radical (unpaired) electrons. The lowest BCUT2D eigenvalue weighted by Gasteiger charge is -2.36. The molecule has 4 aromatic carbocycles. The van der Waals surface area contributed by atoms with E-state index in [4.69, 9.17) is 9.47 Å². The first-order valence-electron chi connectivity index (χ1n) is 15.6. The molecule has 9 heteroatoms. The van der Waals surface area contributed by atoms with Crippen molar-refractivity contribution < 1.29 is 24.1 Å². The zero-order valence-electron chi connectivity index (χ0n) is 25.8. The number of pyridine rings is 1. The maximum Gasteiger partial charge on any atom is 0.315 e. The largest absolute Gasteiger partial charge is 0.618 e. The minimum Gasteiger partial charge on any atom is -0.618 e. The van der Waals surface area contributed by atoms with E-state index in [2.05, 4.69) is 28.8 Å². The number of aliphatic hydroxyl groups excluding tert-OH is 1. The summed E-state index contributed by atoms with van der Waals surface area (Å²) in [7, 11) is 0. The zero-order chi connectivity index (χ0) is 32.4. The summed E-state index contributed by atoms with van der Waals surface area (Å²) in [5, 5.41) is 28.2. The first-order chi connectivity index (χ1) is 23.0. The third-order valence-electron chi connectivity index (χ3n) is 8.01. The van der Waals surface area contributed by atoms with Gasteiger partial charge in [-0.25, -0.2) is 4.79 Å². The number of aromatic nitrogens is 1. The quantitative estimate of drug-likeness (QED) is 0.0826. The van der Waals surface area contributed by atoms with Crippen molar-refractivity contribution in [2.45, 2.75) is 49.6 Å². The van der Waals surface area contributed by atoms with Gasteiger partial charge in [0.2, 0.25) is 0 Å². The lowest BCUT2D eigenvalue weighted by Crippen LogP contribution is -2.34. The van der Waals surface area contributed by atoms with Crippen molar-refractivity contribution >= 4 is 17.8 Å². The average Bonchev–Trinajstić information content (AvgIpc) is 3.13. The van der Waals surface area contributed by atoms with Crippen LogP contribution in [0.25, 0.3) is 11.1 Å². The van der Waals surface area contributed by atoms with E-state index < -0.39 is 6.29 Å². The highest BCUT2D eigenvalue weighted by Gasteiger charge is 2.32. The van der Waals surface area contributed by atoms with E-state index in [-0.39, 0.29) is 24.8 Å². The Morgan fingerprint density at radius 3 is 2.21 bits per heavy atom. The van der Waals surface area contributed by atoms with Gasteiger partial charge >= 0.3 is 6.03 Å².